The number of aromatic nitrogens is 1. The van der Waals surface area contributed by atoms with E-state index < -0.39 is 0 Å². The molecule has 4 rings (SSSR count). The van der Waals surface area contributed by atoms with Gasteiger partial charge in [-0.05, 0) is 35.4 Å². The topological polar surface area (TPSA) is 80.4 Å². The van der Waals surface area contributed by atoms with Crippen LogP contribution in [0.3, 0.4) is 0 Å². The van der Waals surface area contributed by atoms with Crippen LogP contribution in [0.1, 0.15) is 18.1 Å². The Morgan fingerprint density at radius 2 is 1.92 bits per heavy atom. The van der Waals surface area contributed by atoms with Crippen molar-refractivity contribution in [2.45, 2.75) is 6.92 Å². The average Bonchev–Trinajstić information content (AvgIpc) is 3.01. The first kappa shape index (κ1) is 16.0. The molecule has 26 heavy (non-hydrogen) atoms. The van der Waals surface area contributed by atoms with Gasteiger partial charge in [0.25, 0.3) is 5.91 Å². The number of anilines is 1. The summed E-state index contributed by atoms with van der Waals surface area (Å²) in [7, 11) is 0. The van der Waals surface area contributed by atoms with Crippen molar-refractivity contribution in [1.82, 2.24) is 4.98 Å². The van der Waals surface area contributed by atoms with Crippen molar-refractivity contribution in [2.24, 2.45) is 0 Å². The Hall–Kier alpha value is -3.54. The number of hydrogen-bond acceptors (Lipinski definition) is 4. The van der Waals surface area contributed by atoms with Crippen molar-refractivity contribution in [1.29, 1.82) is 0 Å². The van der Waals surface area contributed by atoms with Crippen molar-refractivity contribution < 1.29 is 19.1 Å². The van der Waals surface area contributed by atoms with E-state index in [9.17, 15) is 9.59 Å². The maximum Gasteiger partial charge on any atom is 0.308 e. The highest BCUT2D eigenvalue weighted by Crippen LogP contribution is 2.30. The summed E-state index contributed by atoms with van der Waals surface area (Å²) in [4.78, 5) is 25.7. The van der Waals surface area contributed by atoms with Gasteiger partial charge < -0.3 is 19.8 Å². The zero-order valence-corrected chi connectivity index (χ0v) is 14.0. The van der Waals surface area contributed by atoms with E-state index >= 15 is 0 Å². The molecular formula is C20H16N2O4. The van der Waals surface area contributed by atoms with Gasteiger partial charge in [-0.1, -0.05) is 24.3 Å². The number of H-pyrrole nitrogens is 1. The molecule has 0 unspecified atom stereocenters. The van der Waals surface area contributed by atoms with E-state index in [2.05, 4.69) is 10.3 Å². The molecule has 1 amide bonds. The van der Waals surface area contributed by atoms with Gasteiger partial charge in [0, 0.05) is 24.0 Å². The van der Waals surface area contributed by atoms with Gasteiger partial charge in [-0.15, -0.1) is 0 Å². The Morgan fingerprint density at radius 3 is 2.73 bits per heavy atom. The van der Waals surface area contributed by atoms with Gasteiger partial charge in [-0.2, -0.15) is 0 Å². The van der Waals surface area contributed by atoms with E-state index in [1.54, 1.807) is 6.20 Å². The third-order valence-electron chi connectivity index (χ3n) is 4.03. The molecule has 0 saturated heterocycles. The Bertz CT molecular complexity index is 1050. The molecule has 2 heterocycles. The number of carbonyl (C=O) groups excluding carboxylic acids is 2. The van der Waals surface area contributed by atoms with E-state index in [4.69, 9.17) is 9.47 Å². The minimum atomic E-state index is -0.356. The van der Waals surface area contributed by atoms with E-state index in [-0.39, 0.29) is 18.5 Å². The standard InChI is InChI=1S/C20H16N2O4/c1-12(23)26-19-10-21-16-6-4-13(8-15(16)19)2-3-14-5-7-18-17(9-14)22-20(24)11-25-18/h2-10,21H,11H2,1H3,(H,22,24). The lowest BCUT2D eigenvalue weighted by Gasteiger charge is -2.17. The van der Waals surface area contributed by atoms with Crippen LogP contribution in [0.2, 0.25) is 0 Å². The quantitative estimate of drug-likeness (QED) is 0.560. The predicted octanol–water partition coefficient (Wildman–Crippen LogP) is 3.59. The lowest BCUT2D eigenvalue weighted by molar-refractivity contribution is -0.131. The molecular weight excluding hydrogens is 332 g/mol. The van der Waals surface area contributed by atoms with Gasteiger partial charge in [-0.25, -0.2) is 0 Å². The molecule has 0 radical (unpaired) electrons. The summed E-state index contributed by atoms with van der Waals surface area (Å²) in [6.45, 7) is 1.42. The second-order valence-electron chi connectivity index (χ2n) is 5.98. The molecule has 6 heteroatoms. The summed E-state index contributed by atoms with van der Waals surface area (Å²) >= 11 is 0. The normalized spacial score (nSPS) is 13.3. The molecule has 0 saturated carbocycles. The van der Waals surface area contributed by atoms with Gasteiger partial charge in [-0.3, -0.25) is 9.59 Å². The molecule has 0 fully saturated rings. The van der Waals surface area contributed by atoms with Gasteiger partial charge >= 0.3 is 5.97 Å². The van der Waals surface area contributed by atoms with Crippen LogP contribution in [0.15, 0.2) is 42.6 Å². The van der Waals surface area contributed by atoms with Crippen LogP contribution in [0.5, 0.6) is 11.5 Å². The van der Waals surface area contributed by atoms with Crippen LogP contribution in [0.25, 0.3) is 23.1 Å². The lowest BCUT2D eigenvalue weighted by Crippen LogP contribution is -2.25. The first-order valence-electron chi connectivity index (χ1n) is 8.13. The molecule has 0 spiro atoms. The van der Waals surface area contributed by atoms with Crippen molar-refractivity contribution in [3.63, 3.8) is 0 Å². The lowest BCUT2D eigenvalue weighted by atomic mass is 10.1. The fourth-order valence-electron chi connectivity index (χ4n) is 2.85. The summed E-state index contributed by atoms with van der Waals surface area (Å²) in [6, 6.07) is 11.5. The highest BCUT2D eigenvalue weighted by atomic mass is 16.5. The van der Waals surface area contributed by atoms with Crippen molar-refractivity contribution in [3.05, 3.63) is 53.7 Å². The first-order valence-corrected chi connectivity index (χ1v) is 8.13. The van der Waals surface area contributed by atoms with Gasteiger partial charge in [0.15, 0.2) is 12.4 Å². The van der Waals surface area contributed by atoms with Crippen molar-refractivity contribution in [3.8, 4) is 11.5 Å². The number of aromatic amines is 1. The second kappa shape index (κ2) is 6.40. The summed E-state index contributed by atoms with van der Waals surface area (Å²) in [5.74, 6) is 0.664. The van der Waals surface area contributed by atoms with Crippen molar-refractivity contribution >= 4 is 40.6 Å². The Morgan fingerprint density at radius 1 is 1.15 bits per heavy atom. The molecule has 2 aromatic carbocycles. The molecule has 130 valence electrons. The van der Waals surface area contributed by atoms with E-state index in [1.807, 2.05) is 48.6 Å². The molecule has 2 N–H and O–H groups in total. The summed E-state index contributed by atoms with van der Waals surface area (Å²) in [5.41, 5.74) is 3.46. The number of esters is 1. The maximum absolute atomic E-state index is 11.4. The zero-order chi connectivity index (χ0) is 18.1. The number of amides is 1. The highest BCUT2D eigenvalue weighted by Gasteiger charge is 2.15. The molecule has 0 aliphatic carbocycles. The van der Waals surface area contributed by atoms with Gasteiger partial charge in [0.2, 0.25) is 0 Å². The number of nitrogens with one attached hydrogen (secondary N) is 2. The fourth-order valence-corrected chi connectivity index (χ4v) is 2.85. The van der Waals surface area contributed by atoms with E-state index in [0.717, 1.165) is 22.0 Å². The number of ether oxygens (including phenoxy) is 2. The third-order valence-corrected chi connectivity index (χ3v) is 4.03. The average molecular weight is 348 g/mol. The largest absolute Gasteiger partial charge is 0.482 e. The summed E-state index contributed by atoms with van der Waals surface area (Å²) in [5, 5.41) is 3.64. The summed E-state index contributed by atoms with van der Waals surface area (Å²) in [6.07, 6.45) is 5.57. The van der Waals surface area contributed by atoms with Gasteiger partial charge in [0.05, 0.1) is 5.69 Å². The molecule has 1 aromatic heterocycles. The predicted molar refractivity (Wildman–Crippen MR) is 99.1 cm³/mol. The van der Waals surface area contributed by atoms with Crippen LogP contribution in [0, 0.1) is 0 Å². The molecule has 1 aliphatic heterocycles. The first-order chi connectivity index (χ1) is 12.6. The van der Waals surface area contributed by atoms with Crippen LogP contribution < -0.4 is 14.8 Å². The van der Waals surface area contributed by atoms with Crippen molar-refractivity contribution in [2.75, 3.05) is 11.9 Å². The van der Waals surface area contributed by atoms with Crippen LogP contribution in [-0.4, -0.2) is 23.5 Å². The zero-order valence-electron chi connectivity index (χ0n) is 14.0. The Kier molecular flexibility index (Phi) is 3.93. The highest BCUT2D eigenvalue weighted by molar-refractivity contribution is 5.96. The Balaban J connectivity index is 1.61. The maximum atomic E-state index is 11.4. The molecule has 0 atom stereocenters. The smallest absolute Gasteiger partial charge is 0.308 e. The third kappa shape index (κ3) is 3.17. The Labute approximate surface area is 149 Å². The van der Waals surface area contributed by atoms with Crippen LogP contribution in [0.4, 0.5) is 5.69 Å². The monoisotopic (exact) mass is 348 g/mol. The fraction of sp³-hybridized carbons (Fsp3) is 0.100. The van der Waals surface area contributed by atoms with E-state index in [0.29, 0.717) is 17.2 Å². The molecule has 0 bridgehead atoms. The minimum absolute atomic E-state index is 0.0452. The second-order valence-corrected chi connectivity index (χ2v) is 5.98. The minimum Gasteiger partial charge on any atom is -0.482 e. The SMILES string of the molecule is CC(=O)Oc1c[nH]c2ccc(C=Cc3ccc4c(c3)NC(=O)CO4)cc12. The van der Waals surface area contributed by atoms with E-state index in [1.165, 1.54) is 6.92 Å². The summed E-state index contributed by atoms with van der Waals surface area (Å²) < 4.78 is 10.6. The molecule has 1 aliphatic rings. The number of hydrogen-bond donors (Lipinski definition) is 2. The number of carbonyl (C=O) groups is 2. The van der Waals surface area contributed by atoms with Crippen LogP contribution >= 0.6 is 0 Å². The number of fused-ring (bicyclic) bond motifs is 2. The molecule has 6 nitrogen and oxygen atoms in total. The van der Waals surface area contributed by atoms with Crippen LogP contribution in [-0.2, 0) is 9.59 Å². The number of benzene rings is 2. The number of rotatable bonds is 3. The van der Waals surface area contributed by atoms with Gasteiger partial charge in [0.1, 0.15) is 5.75 Å². The molecule has 3 aromatic rings.